The van der Waals surface area contributed by atoms with E-state index < -0.39 is 40.2 Å². The summed E-state index contributed by atoms with van der Waals surface area (Å²) >= 11 is 0. The van der Waals surface area contributed by atoms with Crippen molar-refractivity contribution in [3.8, 4) is 5.75 Å². The SMILES string of the molecule is COc1ccccc1CNC(=O)C(C)N(Cc1ccc(F)cc1)C(=O)CN(Cc1ccccc1)S(C)(=O)=O. The van der Waals surface area contributed by atoms with E-state index in [9.17, 15) is 22.4 Å². The van der Waals surface area contributed by atoms with Crippen LogP contribution in [0.25, 0.3) is 0 Å². The Morgan fingerprint density at radius 2 is 1.53 bits per heavy atom. The minimum absolute atomic E-state index is 0.00415. The van der Waals surface area contributed by atoms with Crippen molar-refractivity contribution in [2.45, 2.75) is 32.6 Å². The van der Waals surface area contributed by atoms with E-state index >= 15 is 0 Å². The van der Waals surface area contributed by atoms with Crippen LogP contribution in [0.15, 0.2) is 78.9 Å². The fourth-order valence-corrected chi connectivity index (χ4v) is 4.60. The van der Waals surface area contributed by atoms with Crippen LogP contribution in [-0.2, 0) is 39.2 Å². The summed E-state index contributed by atoms with van der Waals surface area (Å²) in [5, 5.41) is 2.82. The standard InChI is InChI=1S/C28H32FN3O5S/c1-21(28(34)30-17-24-11-7-8-12-26(24)37-2)32(19-23-13-15-25(29)16-14-23)27(33)20-31(38(3,35)36)18-22-9-5-4-6-10-22/h4-16,21H,17-20H2,1-3H3,(H,30,34). The molecule has 0 aliphatic rings. The molecule has 0 saturated heterocycles. The Morgan fingerprint density at radius 3 is 2.16 bits per heavy atom. The zero-order chi connectivity index (χ0) is 27.7. The third-order valence-electron chi connectivity index (χ3n) is 6.06. The number of benzene rings is 3. The summed E-state index contributed by atoms with van der Waals surface area (Å²) in [5.74, 6) is -0.805. The fraction of sp³-hybridized carbons (Fsp3) is 0.286. The van der Waals surface area contributed by atoms with E-state index in [1.165, 1.54) is 36.3 Å². The van der Waals surface area contributed by atoms with Crippen molar-refractivity contribution in [1.82, 2.24) is 14.5 Å². The maximum atomic E-state index is 13.5. The molecule has 38 heavy (non-hydrogen) atoms. The largest absolute Gasteiger partial charge is 0.496 e. The van der Waals surface area contributed by atoms with E-state index in [0.717, 1.165) is 21.7 Å². The molecule has 10 heteroatoms. The molecule has 0 aromatic heterocycles. The van der Waals surface area contributed by atoms with E-state index in [2.05, 4.69) is 5.32 Å². The van der Waals surface area contributed by atoms with Crippen LogP contribution >= 0.6 is 0 Å². The number of ether oxygens (including phenoxy) is 1. The number of rotatable bonds is 12. The van der Waals surface area contributed by atoms with Gasteiger partial charge < -0.3 is 15.0 Å². The number of nitrogens with zero attached hydrogens (tertiary/aromatic N) is 2. The van der Waals surface area contributed by atoms with E-state index in [-0.39, 0.29) is 19.6 Å². The van der Waals surface area contributed by atoms with Crippen LogP contribution in [-0.4, -0.2) is 55.4 Å². The first-order chi connectivity index (χ1) is 18.1. The second-order valence-corrected chi connectivity index (χ2v) is 10.9. The van der Waals surface area contributed by atoms with Gasteiger partial charge in [-0.25, -0.2) is 12.8 Å². The fourth-order valence-electron chi connectivity index (χ4n) is 3.87. The van der Waals surface area contributed by atoms with Crippen LogP contribution in [0.3, 0.4) is 0 Å². The van der Waals surface area contributed by atoms with Crippen molar-refractivity contribution in [2.75, 3.05) is 19.9 Å². The molecule has 0 heterocycles. The quantitative estimate of drug-likeness (QED) is 0.380. The summed E-state index contributed by atoms with van der Waals surface area (Å²) in [6.07, 6.45) is 1.04. The first-order valence-electron chi connectivity index (χ1n) is 12.0. The number of halogens is 1. The second kappa shape index (κ2) is 13.2. The highest BCUT2D eigenvalue weighted by molar-refractivity contribution is 7.88. The monoisotopic (exact) mass is 541 g/mol. The van der Waals surface area contributed by atoms with Gasteiger partial charge in [-0.15, -0.1) is 0 Å². The highest BCUT2D eigenvalue weighted by Crippen LogP contribution is 2.18. The summed E-state index contributed by atoms with van der Waals surface area (Å²) < 4.78 is 44.9. The Hall–Kier alpha value is -3.76. The molecule has 0 spiro atoms. The van der Waals surface area contributed by atoms with Crippen LogP contribution in [0.5, 0.6) is 5.75 Å². The lowest BCUT2D eigenvalue weighted by atomic mass is 10.1. The van der Waals surface area contributed by atoms with Crippen molar-refractivity contribution in [1.29, 1.82) is 0 Å². The number of methoxy groups -OCH3 is 1. The summed E-state index contributed by atoms with van der Waals surface area (Å²) in [6.45, 7) is 1.28. The molecule has 8 nitrogen and oxygen atoms in total. The molecular weight excluding hydrogens is 509 g/mol. The van der Waals surface area contributed by atoms with Crippen molar-refractivity contribution in [3.05, 3.63) is 101 Å². The third kappa shape index (κ3) is 8.12. The van der Waals surface area contributed by atoms with Crippen molar-refractivity contribution < 1.29 is 27.1 Å². The zero-order valence-electron chi connectivity index (χ0n) is 21.6. The lowest BCUT2D eigenvalue weighted by molar-refractivity contribution is -0.140. The number of para-hydroxylation sites is 1. The van der Waals surface area contributed by atoms with Crippen LogP contribution in [0.4, 0.5) is 4.39 Å². The molecule has 1 unspecified atom stereocenters. The normalized spacial score (nSPS) is 12.1. The minimum Gasteiger partial charge on any atom is -0.496 e. The highest BCUT2D eigenvalue weighted by Gasteiger charge is 2.30. The molecule has 0 aliphatic heterocycles. The average Bonchev–Trinajstić information content (AvgIpc) is 2.90. The van der Waals surface area contributed by atoms with Gasteiger partial charge in [-0.2, -0.15) is 4.31 Å². The summed E-state index contributed by atoms with van der Waals surface area (Å²) in [6, 6.07) is 20.8. The van der Waals surface area contributed by atoms with Gasteiger partial charge in [0.25, 0.3) is 0 Å². The molecule has 0 bridgehead atoms. The predicted molar refractivity (Wildman–Crippen MR) is 143 cm³/mol. The number of amides is 2. The summed E-state index contributed by atoms with van der Waals surface area (Å²) in [7, 11) is -2.21. The van der Waals surface area contributed by atoms with Gasteiger partial charge in [-0.1, -0.05) is 60.7 Å². The molecule has 202 valence electrons. The molecule has 0 saturated carbocycles. The van der Waals surface area contributed by atoms with Gasteiger partial charge in [0.05, 0.1) is 19.9 Å². The maximum absolute atomic E-state index is 13.5. The Bertz CT molecular complexity index is 1330. The number of carbonyl (C=O) groups is 2. The van der Waals surface area contributed by atoms with Crippen molar-refractivity contribution >= 4 is 21.8 Å². The van der Waals surface area contributed by atoms with Crippen LogP contribution in [0.2, 0.25) is 0 Å². The molecule has 3 aromatic rings. The second-order valence-electron chi connectivity index (χ2n) is 8.87. The Labute approximate surface area is 223 Å². The number of carbonyl (C=O) groups excluding carboxylic acids is 2. The first-order valence-corrected chi connectivity index (χ1v) is 13.9. The van der Waals surface area contributed by atoms with Crippen LogP contribution in [0.1, 0.15) is 23.6 Å². The van der Waals surface area contributed by atoms with Gasteiger partial charge in [0.2, 0.25) is 21.8 Å². The zero-order valence-corrected chi connectivity index (χ0v) is 22.4. The van der Waals surface area contributed by atoms with Gasteiger partial charge in [-0.3, -0.25) is 9.59 Å². The summed E-state index contributed by atoms with van der Waals surface area (Å²) in [5.41, 5.74) is 2.08. The highest BCUT2D eigenvalue weighted by atomic mass is 32.2. The molecule has 1 N–H and O–H groups in total. The third-order valence-corrected chi connectivity index (χ3v) is 7.26. The first kappa shape index (κ1) is 28.8. The van der Waals surface area contributed by atoms with Gasteiger partial charge >= 0.3 is 0 Å². The lowest BCUT2D eigenvalue weighted by Gasteiger charge is -2.31. The minimum atomic E-state index is -3.75. The Morgan fingerprint density at radius 1 is 0.921 bits per heavy atom. The predicted octanol–water partition coefficient (Wildman–Crippen LogP) is 3.33. The molecular formula is C28H32FN3O5S. The van der Waals surface area contributed by atoms with E-state index in [0.29, 0.717) is 11.3 Å². The Kier molecular flexibility index (Phi) is 9.98. The number of nitrogens with one attached hydrogen (secondary N) is 1. The van der Waals surface area contributed by atoms with Crippen LogP contribution < -0.4 is 10.1 Å². The lowest BCUT2D eigenvalue weighted by Crippen LogP contribution is -2.50. The molecule has 1 atom stereocenters. The molecule has 0 aliphatic carbocycles. The number of hydrogen-bond donors (Lipinski definition) is 1. The molecule has 3 aromatic carbocycles. The Balaban J connectivity index is 1.81. The van der Waals surface area contributed by atoms with Crippen LogP contribution in [0, 0.1) is 5.82 Å². The van der Waals surface area contributed by atoms with E-state index in [1.54, 1.807) is 37.3 Å². The topological polar surface area (TPSA) is 96.0 Å². The van der Waals surface area contributed by atoms with Gasteiger partial charge in [0.1, 0.15) is 17.6 Å². The number of sulfonamides is 1. The average molecular weight is 542 g/mol. The maximum Gasteiger partial charge on any atom is 0.242 e. The van der Waals surface area contributed by atoms with Gasteiger partial charge in [0, 0.05) is 25.2 Å². The smallest absolute Gasteiger partial charge is 0.242 e. The van der Waals surface area contributed by atoms with Gasteiger partial charge in [0.15, 0.2) is 0 Å². The molecule has 3 rings (SSSR count). The molecule has 2 amide bonds. The van der Waals surface area contributed by atoms with Crippen molar-refractivity contribution in [3.63, 3.8) is 0 Å². The summed E-state index contributed by atoms with van der Waals surface area (Å²) in [4.78, 5) is 28.0. The van der Waals surface area contributed by atoms with E-state index in [1.807, 2.05) is 24.3 Å². The van der Waals surface area contributed by atoms with Gasteiger partial charge in [-0.05, 0) is 36.2 Å². The molecule has 0 fully saturated rings. The molecule has 0 radical (unpaired) electrons. The van der Waals surface area contributed by atoms with Crippen molar-refractivity contribution in [2.24, 2.45) is 0 Å². The number of hydrogen-bond acceptors (Lipinski definition) is 5. The van der Waals surface area contributed by atoms with E-state index in [4.69, 9.17) is 4.74 Å².